The lowest BCUT2D eigenvalue weighted by Gasteiger charge is -2.37. The van der Waals surface area contributed by atoms with Crippen molar-refractivity contribution in [3.63, 3.8) is 0 Å². The van der Waals surface area contributed by atoms with Crippen LogP contribution < -0.4 is 10.5 Å². The Labute approximate surface area is 180 Å². The van der Waals surface area contributed by atoms with E-state index in [0.717, 1.165) is 36.9 Å². The Hall–Kier alpha value is -2.27. The second-order valence-electron chi connectivity index (χ2n) is 8.22. The maximum atomic E-state index is 13.1. The lowest BCUT2D eigenvalue weighted by molar-refractivity contribution is -0.383. The van der Waals surface area contributed by atoms with Gasteiger partial charge < -0.3 is 4.90 Å². The molecule has 168 valence electrons. The molecule has 1 saturated heterocycles. The van der Waals surface area contributed by atoms with Crippen molar-refractivity contribution in [1.82, 2.24) is 9.88 Å². The lowest BCUT2D eigenvalue weighted by Crippen LogP contribution is -2.48. The number of hydrogen-bond acceptors (Lipinski definition) is 7. The van der Waals surface area contributed by atoms with Crippen LogP contribution in [0, 0.1) is 16.0 Å². The van der Waals surface area contributed by atoms with Crippen LogP contribution in [0.4, 0.5) is 24.0 Å². The third-order valence-electron chi connectivity index (χ3n) is 6.10. The number of alkyl halides is 3. The van der Waals surface area contributed by atoms with Gasteiger partial charge in [0.15, 0.2) is 5.13 Å². The standard InChI is InChI=1S/C20H23F3N4O3S/c21-20(22,23)14-10-15-17(16(11-14)27(29)30)31-19(24-18(15)28)26-8-6-25(7-9-26)12-13-4-2-1-3-5-13/h10-11,13H,1-9,12H2. The fourth-order valence-corrected chi connectivity index (χ4v) is 5.55. The normalized spacial score (nSPS) is 19.1. The third kappa shape index (κ3) is 4.82. The molecule has 1 aliphatic carbocycles. The molecule has 0 bridgehead atoms. The molecule has 1 saturated carbocycles. The molecule has 11 heteroatoms. The molecule has 0 amide bonds. The average Bonchev–Trinajstić information content (AvgIpc) is 2.73. The van der Waals surface area contributed by atoms with Gasteiger partial charge in [-0.2, -0.15) is 18.2 Å². The summed E-state index contributed by atoms with van der Waals surface area (Å²) in [6, 6.07) is 1.14. The Morgan fingerprint density at radius 1 is 1.13 bits per heavy atom. The molecular formula is C20H23F3N4O3S. The van der Waals surface area contributed by atoms with Crippen LogP contribution in [-0.2, 0) is 6.18 Å². The number of nitrogens with zero attached hydrogens (tertiary/aromatic N) is 4. The van der Waals surface area contributed by atoms with Crippen molar-refractivity contribution in [2.24, 2.45) is 5.92 Å². The molecule has 31 heavy (non-hydrogen) atoms. The summed E-state index contributed by atoms with van der Waals surface area (Å²) in [5.41, 5.74) is -2.81. The summed E-state index contributed by atoms with van der Waals surface area (Å²) in [5, 5.41) is 11.4. The predicted octanol–water partition coefficient (Wildman–Crippen LogP) is 4.29. The van der Waals surface area contributed by atoms with Crippen LogP contribution >= 0.6 is 11.3 Å². The van der Waals surface area contributed by atoms with Gasteiger partial charge in [-0.25, -0.2) is 0 Å². The first kappa shape index (κ1) is 21.9. The quantitative estimate of drug-likeness (QED) is 0.505. The van der Waals surface area contributed by atoms with Gasteiger partial charge >= 0.3 is 6.18 Å². The zero-order valence-corrected chi connectivity index (χ0v) is 17.7. The van der Waals surface area contributed by atoms with Gasteiger partial charge in [-0.3, -0.25) is 19.8 Å². The second kappa shape index (κ2) is 8.70. The van der Waals surface area contributed by atoms with E-state index in [9.17, 15) is 28.1 Å². The molecule has 1 aromatic carbocycles. The number of nitro groups is 1. The third-order valence-corrected chi connectivity index (χ3v) is 7.26. The topological polar surface area (TPSA) is 79.6 Å². The fraction of sp³-hybridized carbons (Fsp3) is 0.600. The summed E-state index contributed by atoms with van der Waals surface area (Å²) in [4.78, 5) is 31.3. The minimum atomic E-state index is -4.79. The molecule has 1 aliphatic heterocycles. The number of aromatic nitrogens is 1. The van der Waals surface area contributed by atoms with Crippen molar-refractivity contribution >= 4 is 32.2 Å². The first-order valence-electron chi connectivity index (χ1n) is 10.4. The van der Waals surface area contributed by atoms with Crippen LogP contribution in [0.5, 0.6) is 0 Å². The number of rotatable bonds is 4. The van der Waals surface area contributed by atoms with Gasteiger partial charge in [-0.1, -0.05) is 30.6 Å². The minimum Gasteiger partial charge on any atom is -0.345 e. The Morgan fingerprint density at radius 3 is 2.42 bits per heavy atom. The number of fused-ring (bicyclic) bond motifs is 1. The van der Waals surface area contributed by atoms with Crippen molar-refractivity contribution in [3.8, 4) is 0 Å². The highest BCUT2D eigenvalue weighted by Gasteiger charge is 2.34. The van der Waals surface area contributed by atoms with Crippen LogP contribution in [0.2, 0.25) is 0 Å². The molecule has 0 unspecified atom stereocenters. The average molecular weight is 456 g/mol. The minimum absolute atomic E-state index is 0.0716. The number of non-ortho nitro benzene ring substituents is 1. The summed E-state index contributed by atoms with van der Waals surface area (Å²) in [7, 11) is 0. The van der Waals surface area contributed by atoms with E-state index in [2.05, 4.69) is 9.88 Å². The van der Waals surface area contributed by atoms with E-state index in [4.69, 9.17) is 0 Å². The monoisotopic (exact) mass is 456 g/mol. The molecule has 2 heterocycles. The Balaban J connectivity index is 1.57. The Bertz CT molecular complexity index is 1030. The predicted molar refractivity (Wildman–Crippen MR) is 113 cm³/mol. The number of hydrogen-bond donors (Lipinski definition) is 0. The number of anilines is 1. The number of halogens is 3. The van der Waals surface area contributed by atoms with Crippen LogP contribution in [0.15, 0.2) is 16.9 Å². The van der Waals surface area contributed by atoms with E-state index in [1.54, 1.807) is 0 Å². The van der Waals surface area contributed by atoms with Crippen molar-refractivity contribution in [3.05, 3.63) is 38.2 Å². The highest BCUT2D eigenvalue weighted by molar-refractivity contribution is 7.22. The van der Waals surface area contributed by atoms with Gasteiger partial charge in [0.1, 0.15) is 4.70 Å². The molecule has 0 atom stereocenters. The van der Waals surface area contributed by atoms with E-state index >= 15 is 0 Å². The van der Waals surface area contributed by atoms with Gasteiger partial charge in [0.25, 0.3) is 11.2 Å². The molecule has 0 radical (unpaired) electrons. The number of nitro benzene ring substituents is 1. The van der Waals surface area contributed by atoms with E-state index in [0.29, 0.717) is 30.4 Å². The smallest absolute Gasteiger partial charge is 0.345 e. The molecule has 2 fully saturated rings. The molecule has 0 N–H and O–H groups in total. The summed E-state index contributed by atoms with van der Waals surface area (Å²) in [5.74, 6) is 0.723. The molecule has 2 aliphatic rings. The van der Waals surface area contributed by atoms with Crippen molar-refractivity contribution in [2.45, 2.75) is 38.3 Å². The van der Waals surface area contributed by atoms with E-state index in [-0.39, 0.29) is 10.1 Å². The van der Waals surface area contributed by atoms with Crippen LogP contribution in [0.25, 0.3) is 10.1 Å². The SMILES string of the molecule is O=c1nc(N2CCN(CC3CCCCC3)CC2)sc2c([N+](=O)[O-])cc(C(F)(F)F)cc12. The zero-order chi connectivity index (χ0) is 22.2. The first-order valence-corrected chi connectivity index (χ1v) is 11.2. The highest BCUT2D eigenvalue weighted by atomic mass is 32.1. The van der Waals surface area contributed by atoms with E-state index in [1.807, 2.05) is 4.90 Å². The van der Waals surface area contributed by atoms with Gasteiger partial charge in [-0.05, 0) is 24.8 Å². The summed E-state index contributed by atoms with van der Waals surface area (Å²) in [6.45, 7) is 3.89. The maximum Gasteiger partial charge on any atom is 0.416 e. The largest absolute Gasteiger partial charge is 0.416 e. The lowest BCUT2D eigenvalue weighted by atomic mass is 9.89. The molecule has 7 nitrogen and oxygen atoms in total. The first-order chi connectivity index (χ1) is 14.7. The molecule has 1 aromatic heterocycles. The Kier molecular flexibility index (Phi) is 6.16. The van der Waals surface area contributed by atoms with Crippen LogP contribution in [0.3, 0.4) is 0 Å². The number of piperazine rings is 1. The van der Waals surface area contributed by atoms with Gasteiger partial charge in [-0.15, -0.1) is 0 Å². The van der Waals surface area contributed by atoms with Gasteiger partial charge in [0.05, 0.1) is 15.9 Å². The molecule has 0 spiro atoms. The van der Waals surface area contributed by atoms with Crippen molar-refractivity contribution in [1.29, 1.82) is 0 Å². The van der Waals surface area contributed by atoms with Crippen LogP contribution in [0.1, 0.15) is 37.7 Å². The summed E-state index contributed by atoms with van der Waals surface area (Å²) in [6.07, 6.45) is 1.62. The number of benzene rings is 1. The highest BCUT2D eigenvalue weighted by Crippen LogP contribution is 2.38. The van der Waals surface area contributed by atoms with Gasteiger partial charge in [0.2, 0.25) is 0 Å². The van der Waals surface area contributed by atoms with Gasteiger partial charge in [0, 0.05) is 38.8 Å². The maximum absolute atomic E-state index is 13.1. The molecule has 4 rings (SSSR count). The van der Waals surface area contributed by atoms with E-state index in [1.165, 1.54) is 32.1 Å². The van der Waals surface area contributed by atoms with Crippen LogP contribution in [-0.4, -0.2) is 47.5 Å². The zero-order valence-electron chi connectivity index (χ0n) is 16.9. The molecule has 2 aromatic rings. The van der Waals surface area contributed by atoms with Crippen molar-refractivity contribution in [2.75, 3.05) is 37.6 Å². The summed E-state index contributed by atoms with van der Waals surface area (Å²) < 4.78 is 39.3. The summed E-state index contributed by atoms with van der Waals surface area (Å²) >= 11 is 0.906. The van der Waals surface area contributed by atoms with E-state index < -0.39 is 27.9 Å². The Morgan fingerprint density at radius 2 is 1.81 bits per heavy atom. The fourth-order valence-electron chi connectivity index (χ4n) is 4.43. The van der Waals surface area contributed by atoms with Crippen molar-refractivity contribution < 1.29 is 18.1 Å². The second-order valence-corrected chi connectivity index (χ2v) is 9.20. The molecular weight excluding hydrogens is 433 g/mol.